The van der Waals surface area contributed by atoms with Gasteiger partial charge in [0.1, 0.15) is 6.07 Å². The van der Waals surface area contributed by atoms with Crippen LogP contribution in [0.15, 0.2) is 22.7 Å². The molecule has 5 heteroatoms. The van der Waals surface area contributed by atoms with Gasteiger partial charge >= 0.3 is 0 Å². The average Bonchev–Trinajstić information content (AvgIpc) is 2.32. The maximum Gasteiger partial charge on any atom is 0.225 e. The van der Waals surface area contributed by atoms with Crippen LogP contribution in [0.2, 0.25) is 0 Å². The Morgan fingerprint density at radius 1 is 1.53 bits per heavy atom. The van der Waals surface area contributed by atoms with Crippen molar-refractivity contribution in [1.29, 1.82) is 5.26 Å². The molecule has 0 aliphatic carbocycles. The van der Waals surface area contributed by atoms with E-state index in [1.807, 2.05) is 13.0 Å². The Labute approximate surface area is 109 Å². The number of benzene rings is 1. The van der Waals surface area contributed by atoms with E-state index in [1.54, 1.807) is 18.2 Å². The van der Waals surface area contributed by atoms with Crippen LogP contribution in [0.3, 0.4) is 0 Å². The number of nitrogens with one attached hydrogen (secondary N) is 2. The van der Waals surface area contributed by atoms with Crippen LogP contribution in [0.25, 0.3) is 0 Å². The molecule has 0 fully saturated rings. The first-order chi connectivity index (χ1) is 8.17. The number of rotatable bonds is 5. The van der Waals surface area contributed by atoms with Gasteiger partial charge < -0.3 is 10.6 Å². The molecule has 1 amide bonds. The zero-order chi connectivity index (χ0) is 12.7. The molecule has 1 rings (SSSR count). The van der Waals surface area contributed by atoms with E-state index >= 15 is 0 Å². The molecule has 1 aromatic rings. The van der Waals surface area contributed by atoms with E-state index in [4.69, 9.17) is 5.26 Å². The molecule has 0 aliphatic heterocycles. The second-order valence-electron chi connectivity index (χ2n) is 3.45. The summed E-state index contributed by atoms with van der Waals surface area (Å²) in [6.07, 6.45) is 0.398. The van der Waals surface area contributed by atoms with E-state index in [1.165, 1.54) is 0 Å². The Bertz CT molecular complexity index is 440. The quantitative estimate of drug-likeness (QED) is 0.819. The summed E-state index contributed by atoms with van der Waals surface area (Å²) in [6.45, 7) is 3.47. The van der Waals surface area contributed by atoms with Gasteiger partial charge in [0.15, 0.2) is 0 Å². The van der Waals surface area contributed by atoms with Crippen LogP contribution in [0, 0.1) is 11.3 Å². The van der Waals surface area contributed by atoms with Gasteiger partial charge in [0.25, 0.3) is 0 Å². The van der Waals surface area contributed by atoms with Crippen molar-refractivity contribution in [3.05, 3.63) is 28.2 Å². The molecule has 0 saturated heterocycles. The van der Waals surface area contributed by atoms with Gasteiger partial charge in [-0.15, -0.1) is 0 Å². The first-order valence-electron chi connectivity index (χ1n) is 5.37. The number of hydrogen-bond donors (Lipinski definition) is 2. The van der Waals surface area contributed by atoms with Crippen molar-refractivity contribution in [3.63, 3.8) is 0 Å². The standard InChI is InChI=1S/C12H14BrN3O/c1-2-15-6-5-12(17)16-11-4-3-10(13)7-9(11)8-14/h3-4,7,15H,2,5-6H2,1H3,(H,16,17). The van der Waals surface area contributed by atoms with Crippen LogP contribution in [-0.4, -0.2) is 19.0 Å². The molecular formula is C12H14BrN3O. The number of nitriles is 1. The molecule has 0 bridgehead atoms. The normalized spacial score (nSPS) is 9.71. The van der Waals surface area contributed by atoms with Crippen LogP contribution in [0.4, 0.5) is 5.69 Å². The largest absolute Gasteiger partial charge is 0.325 e. The van der Waals surface area contributed by atoms with Gasteiger partial charge in [-0.25, -0.2) is 0 Å². The highest BCUT2D eigenvalue weighted by atomic mass is 79.9. The summed E-state index contributed by atoms with van der Waals surface area (Å²) in [5, 5.41) is 14.7. The molecule has 2 N–H and O–H groups in total. The van der Waals surface area contributed by atoms with Gasteiger partial charge in [0, 0.05) is 17.4 Å². The van der Waals surface area contributed by atoms with E-state index in [2.05, 4.69) is 26.6 Å². The predicted molar refractivity (Wildman–Crippen MR) is 70.6 cm³/mol. The maximum absolute atomic E-state index is 11.6. The second kappa shape index (κ2) is 7.05. The fourth-order valence-corrected chi connectivity index (χ4v) is 1.67. The van der Waals surface area contributed by atoms with E-state index in [0.717, 1.165) is 11.0 Å². The van der Waals surface area contributed by atoms with E-state index < -0.39 is 0 Å². The number of halogens is 1. The zero-order valence-electron chi connectivity index (χ0n) is 9.59. The molecule has 0 aliphatic rings. The van der Waals surface area contributed by atoms with Gasteiger partial charge in [0.2, 0.25) is 5.91 Å². The van der Waals surface area contributed by atoms with Gasteiger partial charge in [0.05, 0.1) is 11.3 Å². The fourth-order valence-electron chi connectivity index (χ4n) is 1.31. The van der Waals surface area contributed by atoms with Crippen molar-refractivity contribution in [2.75, 3.05) is 18.4 Å². The minimum Gasteiger partial charge on any atom is -0.325 e. The molecule has 0 radical (unpaired) electrons. The van der Waals surface area contributed by atoms with Crippen molar-refractivity contribution < 1.29 is 4.79 Å². The molecule has 0 saturated carbocycles. The van der Waals surface area contributed by atoms with Crippen molar-refractivity contribution in [1.82, 2.24) is 5.32 Å². The van der Waals surface area contributed by atoms with Crippen molar-refractivity contribution in [2.45, 2.75) is 13.3 Å². The molecule has 17 heavy (non-hydrogen) atoms. The fraction of sp³-hybridized carbons (Fsp3) is 0.333. The van der Waals surface area contributed by atoms with Gasteiger partial charge in [-0.2, -0.15) is 5.26 Å². The molecule has 0 aromatic heterocycles. The Morgan fingerprint density at radius 3 is 2.94 bits per heavy atom. The molecule has 0 atom stereocenters. The molecule has 1 aromatic carbocycles. The Hall–Kier alpha value is -1.38. The van der Waals surface area contributed by atoms with Crippen LogP contribution in [-0.2, 0) is 4.79 Å². The third-order valence-corrected chi connectivity index (χ3v) is 2.65. The lowest BCUT2D eigenvalue weighted by molar-refractivity contribution is -0.116. The molecule has 4 nitrogen and oxygen atoms in total. The Kier molecular flexibility index (Phi) is 5.67. The second-order valence-corrected chi connectivity index (χ2v) is 4.37. The molecule has 0 unspecified atom stereocenters. The lowest BCUT2D eigenvalue weighted by Gasteiger charge is -2.07. The zero-order valence-corrected chi connectivity index (χ0v) is 11.2. The summed E-state index contributed by atoms with van der Waals surface area (Å²) in [4.78, 5) is 11.6. The van der Waals surface area contributed by atoms with Crippen molar-refractivity contribution in [3.8, 4) is 6.07 Å². The molecule has 0 spiro atoms. The van der Waals surface area contributed by atoms with Crippen LogP contribution in [0.5, 0.6) is 0 Å². The van der Waals surface area contributed by atoms with Gasteiger partial charge in [-0.1, -0.05) is 22.9 Å². The SMILES string of the molecule is CCNCCC(=O)Nc1ccc(Br)cc1C#N. The smallest absolute Gasteiger partial charge is 0.225 e. The molecule has 0 heterocycles. The molecular weight excluding hydrogens is 282 g/mol. The minimum atomic E-state index is -0.0928. The maximum atomic E-state index is 11.6. The monoisotopic (exact) mass is 295 g/mol. The first-order valence-corrected chi connectivity index (χ1v) is 6.17. The van der Waals surface area contributed by atoms with Crippen LogP contribution < -0.4 is 10.6 Å². The summed E-state index contributed by atoms with van der Waals surface area (Å²) in [6, 6.07) is 7.24. The molecule has 90 valence electrons. The number of amides is 1. The highest BCUT2D eigenvalue weighted by molar-refractivity contribution is 9.10. The summed E-state index contributed by atoms with van der Waals surface area (Å²) < 4.78 is 0.819. The van der Waals surface area contributed by atoms with Gasteiger partial charge in [-0.3, -0.25) is 4.79 Å². The number of carbonyl (C=O) groups is 1. The number of anilines is 1. The summed E-state index contributed by atoms with van der Waals surface area (Å²) in [5.74, 6) is -0.0928. The van der Waals surface area contributed by atoms with E-state index in [9.17, 15) is 4.79 Å². The lowest BCUT2D eigenvalue weighted by Crippen LogP contribution is -2.21. The predicted octanol–water partition coefficient (Wildman–Crippen LogP) is 2.26. The number of nitrogens with zero attached hydrogens (tertiary/aromatic N) is 1. The third kappa shape index (κ3) is 4.55. The topological polar surface area (TPSA) is 64.9 Å². The van der Waals surface area contributed by atoms with Crippen LogP contribution >= 0.6 is 15.9 Å². The van der Waals surface area contributed by atoms with Crippen molar-refractivity contribution >= 4 is 27.5 Å². The highest BCUT2D eigenvalue weighted by Gasteiger charge is 2.06. The third-order valence-electron chi connectivity index (χ3n) is 2.15. The minimum absolute atomic E-state index is 0.0928. The summed E-state index contributed by atoms with van der Waals surface area (Å²) in [5.41, 5.74) is 1.01. The number of carbonyl (C=O) groups excluding carboxylic acids is 1. The van der Waals surface area contributed by atoms with E-state index in [0.29, 0.717) is 24.2 Å². The first kappa shape index (κ1) is 13.7. The Balaban J connectivity index is 2.62. The highest BCUT2D eigenvalue weighted by Crippen LogP contribution is 2.20. The average molecular weight is 296 g/mol. The number of hydrogen-bond acceptors (Lipinski definition) is 3. The van der Waals surface area contributed by atoms with E-state index in [-0.39, 0.29) is 5.91 Å². The summed E-state index contributed by atoms with van der Waals surface area (Å²) in [7, 11) is 0. The lowest BCUT2D eigenvalue weighted by atomic mass is 10.2. The van der Waals surface area contributed by atoms with Gasteiger partial charge in [-0.05, 0) is 24.7 Å². The summed E-state index contributed by atoms with van der Waals surface area (Å²) >= 11 is 3.28. The van der Waals surface area contributed by atoms with Crippen LogP contribution in [0.1, 0.15) is 18.9 Å². The van der Waals surface area contributed by atoms with Crippen molar-refractivity contribution in [2.24, 2.45) is 0 Å². The Morgan fingerprint density at radius 2 is 2.29 bits per heavy atom.